The van der Waals surface area contributed by atoms with Crippen molar-refractivity contribution >= 4 is 32.8 Å². The van der Waals surface area contributed by atoms with Crippen molar-refractivity contribution < 1.29 is 9.18 Å². The molecule has 4 heteroatoms. The maximum atomic E-state index is 13.5. The van der Waals surface area contributed by atoms with Crippen molar-refractivity contribution in [1.82, 2.24) is 0 Å². The van der Waals surface area contributed by atoms with Crippen LogP contribution in [0.25, 0.3) is 0 Å². The lowest BCUT2D eigenvalue weighted by atomic mass is 9.78. The minimum Gasteiger partial charge on any atom is -0.281 e. The summed E-state index contributed by atoms with van der Waals surface area (Å²) in [5, 5.41) is -0.257. The minimum absolute atomic E-state index is 0.0675. The van der Waals surface area contributed by atoms with Crippen LogP contribution in [0.4, 0.5) is 4.39 Å². The summed E-state index contributed by atoms with van der Waals surface area (Å²) in [6.45, 7) is 0. The van der Waals surface area contributed by atoms with Gasteiger partial charge in [0.25, 0.3) is 0 Å². The van der Waals surface area contributed by atoms with Crippen LogP contribution < -0.4 is 0 Å². The van der Waals surface area contributed by atoms with Gasteiger partial charge in [-0.15, -0.1) is 0 Å². The maximum Gasteiger partial charge on any atom is 0.224 e. The molecule has 1 aliphatic rings. The fourth-order valence-electron chi connectivity index (χ4n) is 2.46. The Kier molecular flexibility index (Phi) is 4.21. The van der Waals surface area contributed by atoms with Gasteiger partial charge < -0.3 is 0 Å². The summed E-state index contributed by atoms with van der Waals surface area (Å²) in [4.78, 5) is 11.2. The van der Waals surface area contributed by atoms with Crippen LogP contribution in [0.1, 0.15) is 37.2 Å². The fraction of sp³-hybridized carbons (Fsp3) is 0.462. The van der Waals surface area contributed by atoms with Gasteiger partial charge in [-0.2, -0.15) is 0 Å². The second-order valence-corrected chi connectivity index (χ2v) is 5.76. The van der Waals surface area contributed by atoms with Crippen LogP contribution >= 0.6 is 27.5 Å². The zero-order valence-electron chi connectivity index (χ0n) is 9.26. The Labute approximate surface area is 113 Å². The SMILES string of the molecule is O=C(Cl)C1CCCC(c2ccc(Br)c(F)c2)C1. The molecule has 92 valence electrons. The maximum absolute atomic E-state index is 13.5. The van der Waals surface area contributed by atoms with Crippen molar-refractivity contribution in [2.45, 2.75) is 31.6 Å². The third kappa shape index (κ3) is 3.08. The molecule has 0 spiro atoms. The van der Waals surface area contributed by atoms with Crippen LogP contribution in [-0.2, 0) is 4.79 Å². The van der Waals surface area contributed by atoms with Gasteiger partial charge in [0.1, 0.15) is 5.82 Å². The van der Waals surface area contributed by atoms with Crippen molar-refractivity contribution in [3.05, 3.63) is 34.1 Å². The molecule has 2 unspecified atom stereocenters. The number of carbonyl (C=O) groups is 1. The van der Waals surface area contributed by atoms with Crippen LogP contribution in [0.5, 0.6) is 0 Å². The van der Waals surface area contributed by atoms with Crippen LogP contribution in [-0.4, -0.2) is 5.24 Å². The molecule has 0 aromatic heterocycles. The van der Waals surface area contributed by atoms with Gasteiger partial charge in [0.15, 0.2) is 0 Å². The van der Waals surface area contributed by atoms with E-state index in [0.29, 0.717) is 4.47 Å². The number of benzene rings is 1. The summed E-state index contributed by atoms with van der Waals surface area (Å²) in [7, 11) is 0. The molecule has 0 amide bonds. The Morgan fingerprint density at radius 3 is 2.82 bits per heavy atom. The van der Waals surface area contributed by atoms with E-state index in [1.807, 2.05) is 6.07 Å². The van der Waals surface area contributed by atoms with E-state index < -0.39 is 0 Å². The third-order valence-electron chi connectivity index (χ3n) is 3.41. The Bertz CT molecular complexity index is 435. The number of hydrogen-bond donors (Lipinski definition) is 0. The molecule has 17 heavy (non-hydrogen) atoms. The Morgan fingerprint density at radius 1 is 1.41 bits per heavy atom. The molecule has 0 aliphatic heterocycles. The van der Waals surface area contributed by atoms with Gasteiger partial charge in [0.05, 0.1) is 4.47 Å². The summed E-state index contributed by atoms with van der Waals surface area (Å²) in [5.74, 6) is -0.0667. The van der Waals surface area contributed by atoms with E-state index in [4.69, 9.17) is 11.6 Å². The zero-order chi connectivity index (χ0) is 12.4. The first-order valence-corrected chi connectivity index (χ1v) is 6.89. The average Bonchev–Trinajstić information content (AvgIpc) is 2.33. The molecular formula is C13H13BrClFO. The number of halogens is 3. The van der Waals surface area contributed by atoms with Gasteiger partial charge in [-0.05, 0) is 70.4 Å². The number of hydrogen-bond acceptors (Lipinski definition) is 1. The molecule has 0 bridgehead atoms. The molecule has 2 atom stereocenters. The molecule has 1 nitrogen and oxygen atoms in total. The Balaban J connectivity index is 2.16. The van der Waals surface area contributed by atoms with Gasteiger partial charge >= 0.3 is 0 Å². The van der Waals surface area contributed by atoms with Gasteiger partial charge in [-0.1, -0.05) is 12.5 Å². The number of rotatable bonds is 2. The van der Waals surface area contributed by atoms with Gasteiger partial charge in [-0.25, -0.2) is 4.39 Å². The molecular weight excluding hydrogens is 306 g/mol. The first-order chi connectivity index (χ1) is 8.08. The van der Waals surface area contributed by atoms with Crippen LogP contribution in [0.2, 0.25) is 0 Å². The second kappa shape index (κ2) is 5.49. The summed E-state index contributed by atoms with van der Waals surface area (Å²) in [6, 6.07) is 5.19. The van der Waals surface area contributed by atoms with E-state index >= 15 is 0 Å². The molecule has 0 radical (unpaired) electrons. The van der Waals surface area contributed by atoms with Crippen LogP contribution in [0, 0.1) is 11.7 Å². The first kappa shape index (κ1) is 13.0. The highest BCUT2D eigenvalue weighted by atomic mass is 79.9. The van der Waals surface area contributed by atoms with Crippen molar-refractivity contribution in [2.75, 3.05) is 0 Å². The van der Waals surface area contributed by atoms with Crippen LogP contribution in [0.3, 0.4) is 0 Å². The van der Waals surface area contributed by atoms with Gasteiger partial charge in [0, 0.05) is 5.92 Å². The molecule has 1 fully saturated rings. The molecule has 1 aromatic carbocycles. The predicted molar refractivity (Wildman–Crippen MR) is 69.7 cm³/mol. The average molecular weight is 320 g/mol. The summed E-state index contributed by atoms with van der Waals surface area (Å²) in [5.41, 5.74) is 0.966. The summed E-state index contributed by atoms with van der Waals surface area (Å²) in [6.07, 6.45) is 3.58. The van der Waals surface area contributed by atoms with E-state index in [-0.39, 0.29) is 22.9 Å². The second-order valence-electron chi connectivity index (χ2n) is 4.54. The smallest absolute Gasteiger partial charge is 0.224 e. The Hall–Kier alpha value is -0.410. The molecule has 1 aliphatic carbocycles. The lowest BCUT2D eigenvalue weighted by Crippen LogP contribution is -2.18. The van der Waals surface area contributed by atoms with Crippen molar-refractivity contribution in [1.29, 1.82) is 0 Å². The van der Waals surface area contributed by atoms with Gasteiger partial charge in [0.2, 0.25) is 5.24 Å². The van der Waals surface area contributed by atoms with Crippen LogP contribution in [0.15, 0.2) is 22.7 Å². The largest absolute Gasteiger partial charge is 0.281 e. The molecule has 2 rings (SSSR count). The molecule has 0 heterocycles. The van der Waals surface area contributed by atoms with Gasteiger partial charge in [-0.3, -0.25) is 4.79 Å². The number of carbonyl (C=O) groups excluding carboxylic acids is 1. The molecule has 1 aromatic rings. The highest BCUT2D eigenvalue weighted by Gasteiger charge is 2.27. The normalized spacial score (nSPS) is 24.6. The minimum atomic E-state index is -0.257. The Morgan fingerprint density at radius 2 is 2.18 bits per heavy atom. The monoisotopic (exact) mass is 318 g/mol. The summed E-state index contributed by atoms with van der Waals surface area (Å²) >= 11 is 8.68. The van der Waals surface area contributed by atoms with E-state index in [1.165, 1.54) is 0 Å². The lowest BCUT2D eigenvalue weighted by Gasteiger charge is -2.27. The first-order valence-electron chi connectivity index (χ1n) is 5.72. The predicted octanol–water partition coefficient (Wildman–Crippen LogP) is 4.63. The quantitative estimate of drug-likeness (QED) is 0.727. The van der Waals surface area contributed by atoms with Crippen molar-refractivity contribution in [3.63, 3.8) is 0 Å². The highest BCUT2D eigenvalue weighted by Crippen LogP contribution is 2.37. The topological polar surface area (TPSA) is 17.1 Å². The third-order valence-corrected chi connectivity index (χ3v) is 4.36. The lowest BCUT2D eigenvalue weighted by molar-refractivity contribution is -0.116. The zero-order valence-corrected chi connectivity index (χ0v) is 11.6. The standard InChI is InChI=1S/C13H13BrClFO/c14-11-5-4-9(7-12(11)16)8-2-1-3-10(6-8)13(15)17/h4-5,7-8,10H,1-3,6H2. The fourth-order valence-corrected chi connectivity index (χ4v) is 2.91. The van der Waals surface area contributed by atoms with Crippen molar-refractivity contribution in [3.8, 4) is 0 Å². The van der Waals surface area contributed by atoms with E-state index in [0.717, 1.165) is 31.2 Å². The molecule has 0 saturated heterocycles. The summed E-state index contributed by atoms with van der Waals surface area (Å²) < 4.78 is 13.9. The van der Waals surface area contributed by atoms with E-state index in [1.54, 1.807) is 12.1 Å². The molecule has 0 N–H and O–H groups in total. The highest BCUT2D eigenvalue weighted by molar-refractivity contribution is 9.10. The van der Waals surface area contributed by atoms with Crippen molar-refractivity contribution in [2.24, 2.45) is 5.92 Å². The van der Waals surface area contributed by atoms with E-state index in [9.17, 15) is 9.18 Å². The van der Waals surface area contributed by atoms with E-state index in [2.05, 4.69) is 15.9 Å². The molecule has 1 saturated carbocycles.